The molecule has 4 nitrogen and oxygen atoms in total. The predicted molar refractivity (Wildman–Crippen MR) is 85.2 cm³/mol. The lowest BCUT2D eigenvalue weighted by molar-refractivity contribution is -0.127. The summed E-state index contributed by atoms with van der Waals surface area (Å²) in [6.45, 7) is 5.52. The molecular weight excluding hydrogens is 262 g/mol. The molecule has 0 aromatic heterocycles. The minimum Gasteiger partial charge on any atom is -0.352 e. The third kappa shape index (κ3) is 3.59. The molecule has 1 aliphatic carbocycles. The van der Waals surface area contributed by atoms with Gasteiger partial charge in [-0.15, -0.1) is 0 Å². The molecule has 2 heterocycles. The van der Waals surface area contributed by atoms with Crippen LogP contribution in [0.3, 0.4) is 0 Å². The molecule has 21 heavy (non-hydrogen) atoms. The van der Waals surface area contributed by atoms with Crippen LogP contribution in [0.15, 0.2) is 0 Å². The fraction of sp³-hybridized carbons (Fsp3) is 0.941. The van der Waals surface area contributed by atoms with E-state index < -0.39 is 0 Å². The van der Waals surface area contributed by atoms with Gasteiger partial charge < -0.3 is 10.6 Å². The number of piperidine rings is 1. The van der Waals surface area contributed by atoms with E-state index in [4.69, 9.17) is 0 Å². The SMILES string of the molecule is CC(C(=O)NC1CCCC1)N1CCCC1C1CCNCC1. The van der Waals surface area contributed by atoms with Crippen LogP contribution in [-0.4, -0.2) is 48.6 Å². The van der Waals surface area contributed by atoms with Gasteiger partial charge in [0.05, 0.1) is 6.04 Å². The first kappa shape index (κ1) is 15.3. The van der Waals surface area contributed by atoms with E-state index in [1.807, 2.05) is 0 Å². The predicted octanol–water partition coefficient (Wildman–Crippen LogP) is 1.90. The zero-order valence-electron chi connectivity index (χ0n) is 13.4. The number of amides is 1. The second kappa shape index (κ2) is 7.10. The Hall–Kier alpha value is -0.610. The lowest BCUT2D eigenvalue weighted by Crippen LogP contribution is -2.52. The Labute approximate surface area is 129 Å². The molecule has 1 saturated carbocycles. The first-order valence-electron chi connectivity index (χ1n) is 9.02. The van der Waals surface area contributed by atoms with Crippen molar-refractivity contribution in [1.82, 2.24) is 15.5 Å². The summed E-state index contributed by atoms with van der Waals surface area (Å²) < 4.78 is 0. The average molecular weight is 293 g/mol. The summed E-state index contributed by atoms with van der Waals surface area (Å²) in [5.74, 6) is 1.05. The maximum Gasteiger partial charge on any atom is 0.237 e. The Bertz CT molecular complexity index is 348. The van der Waals surface area contributed by atoms with Gasteiger partial charge in [0.1, 0.15) is 0 Å². The molecule has 2 saturated heterocycles. The summed E-state index contributed by atoms with van der Waals surface area (Å²) in [4.78, 5) is 15.0. The van der Waals surface area contributed by atoms with E-state index in [1.165, 1.54) is 51.4 Å². The highest BCUT2D eigenvalue weighted by molar-refractivity contribution is 5.81. The van der Waals surface area contributed by atoms with E-state index in [9.17, 15) is 4.79 Å². The van der Waals surface area contributed by atoms with Gasteiger partial charge in [-0.25, -0.2) is 0 Å². The molecule has 2 atom stereocenters. The number of hydrogen-bond acceptors (Lipinski definition) is 3. The van der Waals surface area contributed by atoms with Crippen molar-refractivity contribution in [2.45, 2.75) is 76.4 Å². The van der Waals surface area contributed by atoms with Crippen LogP contribution in [0.1, 0.15) is 58.3 Å². The van der Waals surface area contributed by atoms with Crippen molar-refractivity contribution in [1.29, 1.82) is 0 Å². The third-order valence-corrected chi connectivity index (χ3v) is 5.85. The Morgan fingerprint density at radius 2 is 1.81 bits per heavy atom. The molecule has 3 fully saturated rings. The van der Waals surface area contributed by atoms with Crippen LogP contribution < -0.4 is 10.6 Å². The fourth-order valence-corrected chi connectivity index (χ4v) is 4.57. The number of hydrogen-bond donors (Lipinski definition) is 2. The van der Waals surface area contributed by atoms with Crippen LogP contribution in [0, 0.1) is 5.92 Å². The maximum atomic E-state index is 12.5. The van der Waals surface area contributed by atoms with E-state index in [0.29, 0.717) is 12.1 Å². The van der Waals surface area contributed by atoms with Crippen LogP contribution in [0.2, 0.25) is 0 Å². The van der Waals surface area contributed by atoms with Crippen LogP contribution in [0.25, 0.3) is 0 Å². The Kier molecular flexibility index (Phi) is 5.17. The summed E-state index contributed by atoms with van der Waals surface area (Å²) >= 11 is 0. The highest BCUT2D eigenvalue weighted by Gasteiger charge is 2.37. The van der Waals surface area contributed by atoms with Crippen LogP contribution in [0.5, 0.6) is 0 Å². The third-order valence-electron chi connectivity index (χ3n) is 5.85. The number of likely N-dealkylation sites (tertiary alicyclic amines) is 1. The van der Waals surface area contributed by atoms with Gasteiger partial charge in [0.15, 0.2) is 0 Å². The molecular formula is C17H31N3O. The molecule has 2 unspecified atom stereocenters. The van der Waals surface area contributed by atoms with Crippen molar-refractivity contribution in [2.75, 3.05) is 19.6 Å². The average Bonchev–Trinajstić information content (AvgIpc) is 3.18. The number of nitrogens with one attached hydrogen (secondary N) is 2. The normalized spacial score (nSPS) is 30.6. The Balaban J connectivity index is 1.56. The topological polar surface area (TPSA) is 44.4 Å². The second-order valence-electron chi connectivity index (χ2n) is 7.20. The molecule has 120 valence electrons. The molecule has 1 amide bonds. The Morgan fingerprint density at radius 3 is 2.52 bits per heavy atom. The number of carbonyl (C=O) groups excluding carboxylic acids is 1. The number of nitrogens with zero attached hydrogens (tertiary/aromatic N) is 1. The maximum absolute atomic E-state index is 12.5. The van der Waals surface area contributed by atoms with Gasteiger partial charge in [-0.2, -0.15) is 0 Å². The van der Waals surface area contributed by atoms with E-state index in [0.717, 1.165) is 25.6 Å². The van der Waals surface area contributed by atoms with Crippen molar-refractivity contribution >= 4 is 5.91 Å². The standard InChI is InChI=1S/C17H31N3O/c1-13(17(21)19-15-5-2-3-6-15)20-12-4-7-16(20)14-8-10-18-11-9-14/h13-16,18H,2-12H2,1H3,(H,19,21). The summed E-state index contributed by atoms with van der Waals surface area (Å²) in [5, 5.41) is 6.74. The molecule has 0 aromatic carbocycles. The molecule has 2 N–H and O–H groups in total. The smallest absolute Gasteiger partial charge is 0.237 e. The second-order valence-corrected chi connectivity index (χ2v) is 7.20. The molecule has 3 rings (SSSR count). The molecule has 0 radical (unpaired) electrons. The van der Waals surface area contributed by atoms with Gasteiger partial charge in [-0.05, 0) is 71.0 Å². The molecule has 2 aliphatic heterocycles. The lowest BCUT2D eigenvalue weighted by atomic mass is 9.88. The van der Waals surface area contributed by atoms with E-state index in [2.05, 4.69) is 22.5 Å². The minimum atomic E-state index is 0.0491. The summed E-state index contributed by atoms with van der Waals surface area (Å²) in [6, 6.07) is 1.13. The highest BCUT2D eigenvalue weighted by atomic mass is 16.2. The van der Waals surface area contributed by atoms with Crippen LogP contribution >= 0.6 is 0 Å². The highest BCUT2D eigenvalue weighted by Crippen LogP contribution is 2.31. The molecule has 3 aliphatic rings. The zero-order valence-corrected chi connectivity index (χ0v) is 13.4. The van der Waals surface area contributed by atoms with Gasteiger partial charge in [0, 0.05) is 12.1 Å². The van der Waals surface area contributed by atoms with Crippen molar-refractivity contribution in [3.63, 3.8) is 0 Å². The van der Waals surface area contributed by atoms with Gasteiger partial charge >= 0.3 is 0 Å². The minimum absolute atomic E-state index is 0.0491. The van der Waals surface area contributed by atoms with Crippen molar-refractivity contribution in [3.05, 3.63) is 0 Å². The first-order valence-corrected chi connectivity index (χ1v) is 9.02. The molecule has 0 spiro atoms. The number of rotatable bonds is 4. The summed E-state index contributed by atoms with van der Waals surface area (Å²) in [5.41, 5.74) is 0. The zero-order chi connectivity index (χ0) is 14.7. The van der Waals surface area contributed by atoms with Crippen molar-refractivity contribution < 1.29 is 4.79 Å². The molecule has 4 heteroatoms. The molecule has 0 aromatic rings. The number of carbonyl (C=O) groups is 1. The monoisotopic (exact) mass is 293 g/mol. The van der Waals surface area contributed by atoms with Crippen molar-refractivity contribution in [3.8, 4) is 0 Å². The summed E-state index contributed by atoms with van der Waals surface area (Å²) in [6.07, 6.45) is 10.0. The van der Waals surface area contributed by atoms with E-state index >= 15 is 0 Å². The summed E-state index contributed by atoms with van der Waals surface area (Å²) in [7, 11) is 0. The van der Waals surface area contributed by atoms with Crippen molar-refractivity contribution in [2.24, 2.45) is 5.92 Å². The molecule has 0 bridgehead atoms. The van der Waals surface area contributed by atoms with Gasteiger partial charge in [-0.3, -0.25) is 9.69 Å². The first-order chi connectivity index (χ1) is 10.3. The van der Waals surface area contributed by atoms with Gasteiger partial charge in [0.2, 0.25) is 5.91 Å². The quantitative estimate of drug-likeness (QED) is 0.832. The lowest BCUT2D eigenvalue weighted by Gasteiger charge is -2.37. The fourth-order valence-electron chi connectivity index (χ4n) is 4.57. The van der Waals surface area contributed by atoms with E-state index in [-0.39, 0.29) is 11.9 Å². The van der Waals surface area contributed by atoms with Gasteiger partial charge in [-0.1, -0.05) is 12.8 Å². The largest absolute Gasteiger partial charge is 0.352 e. The van der Waals surface area contributed by atoms with Gasteiger partial charge in [0.25, 0.3) is 0 Å². The van der Waals surface area contributed by atoms with E-state index in [1.54, 1.807) is 0 Å². The van der Waals surface area contributed by atoms with Crippen LogP contribution in [-0.2, 0) is 4.79 Å². The Morgan fingerprint density at radius 1 is 1.10 bits per heavy atom. The van der Waals surface area contributed by atoms with Crippen LogP contribution in [0.4, 0.5) is 0 Å².